The SMILES string of the molecule is CC/C(C)=C(/C=C\C(OC(F)F)=C(/C)c1ccnc(OC(F)F)c1)Cc1ccc(CN(C)CCCC=O)nc1. The molecule has 212 valence electrons. The average molecular weight is 550 g/mol. The number of alkyl halides is 4. The Labute approximate surface area is 227 Å². The van der Waals surface area contributed by atoms with E-state index in [2.05, 4.69) is 19.6 Å². The molecule has 0 aliphatic carbocycles. The van der Waals surface area contributed by atoms with Gasteiger partial charge in [-0.1, -0.05) is 24.6 Å². The van der Waals surface area contributed by atoms with Crippen LogP contribution < -0.4 is 4.74 Å². The second-order valence-corrected chi connectivity index (χ2v) is 9.00. The molecular formula is C29H35F4N3O3. The highest BCUT2D eigenvalue weighted by atomic mass is 19.3. The number of carbonyl (C=O) groups excluding carboxylic acids is 1. The Balaban J connectivity index is 2.26. The van der Waals surface area contributed by atoms with Gasteiger partial charge in [0.25, 0.3) is 0 Å². The molecule has 0 N–H and O–H groups in total. The summed E-state index contributed by atoms with van der Waals surface area (Å²) >= 11 is 0. The molecule has 0 aliphatic rings. The molecule has 0 aromatic carbocycles. The van der Waals surface area contributed by atoms with Crippen LogP contribution in [-0.2, 0) is 22.5 Å². The molecule has 0 saturated heterocycles. The van der Waals surface area contributed by atoms with Gasteiger partial charge in [-0.2, -0.15) is 17.6 Å². The van der Waals surface area contributed by atoms with Gasteiger partial charge in [-0.05, 0) is 87.2 Å². The minimum atomic E-state index is -3.08. The third-order valence-electron chi connectivity index (χ3n) is 6.05. The van der Waals surface area contributed by atoms with Gasteiger partial charge in [0, 0.05) is 31.4 Å². The van der Waals surface area contributed by atoms with Crippen LogP contribution in [0.25, 0.3) is 5.57 Å². The van der Waals surface area contributed by atoms with Crippen molar-refractivity contribution in [3.05, 3.63) is 82.5 Å². The highest BCUT2D eigenvalue weighted by molar-refractivity contribution is 5.68. The lowest BCUT2D eigenvalue weighted by Gasteiger charge is -2.15. The molecule has 0 fully saturated rings. The molecule has 2 rings (SSSR count). The summed E-state index contributed by atoms with van der Waals surface area (Å²) in [6.45, 7) is 0.848. The summed E-state index contributed by atoms with van der Waals surface area (Å²) in [5.41, 5.74) is 4.50. The predicted octanol–water partition coefficient (Wildman–Crippen LogP) is 6.98. The Hall–Kier alpha value is -3.53. The van der Waals surface area contributed by atoms with Crippen molar-refractivity contribution in [2.24, 2.45) is 0 Å². The summed E-state index contributed by atoms with van der Waals surface area (Å²) in [6.07, 6.45) is 9.77. The molecule has 2 aromatic rings. The lowest BCUT2D eigenvalue weighted by molar-refractivity contribution is -0.108. The van der Waals surface area contributed by atoms with E-state index in [4.69, 9.17) is 4.74 Å². The van der Waals surface area contributed by atoms with E-state index in [1.165, 1.54) is 24.4 Å². The number of rotatable bonds is 16. The molecule has 2 heterocycles. The standard InChI is InChI=1S/C29H35F4N3O3/c1-5-20(2)23(16-22-8-10-25(35-18-22)19-36(4)14-6-7-15-37)9-11-26(38-28(30)31)21(3)24-12-13-34-27(17-24)39-29(32)33/h8-13,15,17-18,28-29H,5-7,14,16,19H2,1-4H3/b11-9-,23-20-,26-21-. The Kier molecular flexibility index (Phi) is 13.4. The molecule has 6 nitrogen and oxygen atoms in total. The van der Waals surface area contributed by atoms with Crippen LogP contribution >= 0.6 is 0 Å². The fourth-order valence-electron chi connectivity index (χ4n) is 3.72. The summed E-state index contributed by atoms with van der Waals surface area (Å²) in [4.78, 5) is 20.9. The molecule has 10 heteroatoms. The van der Waals surface area contributed by atoms with Crippen molar-refractivity contribution in [3.63, 3.8) is 0 Å². The van der Waals surface area contributed by atoms with Gasteiger partial charge in [-0.25, -0.2) is 4.98 Å². The van der Waals surface area contributed by atoms with Gasteiger partial charge in [0.2, 0.25) is 5.88 Å². The summed E-state index contributed by atoms with van der Waals surface area (Å²) < 4.78 is 60.8. The van der Waals surface area contributed by atoms with Crippen LogP contribution in [0.2, 0.25) is 0 Å². The molecule has 0 amide bonds. The van der Waals surface area contributed by atoms with Crippen LogP contribution in [0.5, 0.6) is 5.88 Å². The van der Waals surface area contributed by atoms with Gasteiger partial charge in [-0.3, -0.25) is 4.98 Å². The lowest BCUT2D eigenvalue weighted by atomic mass is 9.99. The van der Waals surface area contributed by atoms with Gasteiger partial charge >= 0.3 is 13.2 Å². The zero-order valence-electron chi connectivity index (χ0n) is 22.7. The number of carbonyl (C=O) groups is 1. The van der Waals surface area contributed by atoms with Crippen LogP contribution in [0.15, 0.2) is 65.7 Å². The third-order valence-corrected chi connectivity index (χ3v) is 6.05. The van der Waals surface area contributed by atoms with E-state index in [0.29, 0.717) is 30.5 Å². The Morgan fingerprint density at radius 1 is 1.08 bits per heavy atom. The fourth-order valence-corrected chi connectivity index (χ4v) is 3.72. The molecule has 0 saturated carbocycles. The maximum atomic E-state index is 13.3. The number of aromatic nitrogens is 2. The van der Waals surface area contributed by atoms with Gasteiger partial charge in [0.15, 0.2) is 0 Å². The van der Waals surface area contributed by atoms with Gasteiger partial charge < -0.3 is 19.2 Å². The molecule has 0 unspecified atom stereocenters. The topological polar surface area (TPSA) is 64.6 Å². The van der Waals surface area contributed by atoms with Gasteiger partial charge in [-0.15, -0.1) is 0 Å². The first-order valence-corrected chi connectivity index (χ1v) is 12.6. The number of unbranched alkanes of at least 4 members (excludes halogenated alkanes) is 1. The summed E-state index contributed by atoms with van der Waals surface area (Å²) in [7, 11) is 1.98. The molecule has 0 bridgehead atoms. The highest BCUT2D eigenvalue weighted by Gasteiger charge is 2.13. The average Bonchev–Trinajstić information content (AvgIpc) is 2.90. The largest absolute Gasteiger partial charge is 0.435 e. The number of hydrogen-bond donors (Lipinski definition) is 0. The normalized spacial score (nSPS) is 13.2. The number of hydrogen-bond acceptors (Lipinski definition) is 6. The molecule has 0 radical (unpaired) electrons. The molecule has 0 aliphatic heterocycles. The van der Waals surface area contributed by atoms with E-state index in [0.717, 1.165) is 48.1 Å². The van der Waals surface area contributed by atoms with Crippen LogP contribution in [0, 0.1) is 0 Å². The monoisotopic (exact) mass is 549 g/mol. The van der Waals surface area contributed by atoms with Crippen molar-refractivity contribution in [3.8, 4) is 5.88 Å². The smallest absolute Gasteiger partial charge is 0.388 e. The maximum Gasteiger partial charge on any atom is 0.388 e. The van der Waals surface area contributed by atoms with Gasteiger partial charge in [0.05, 0.1) is 5.69 Å². The first kappa shape index (κ1) is 31.7. The molecule has 0 atom stereocenters. The van der Waals surface area contributed by atoms with E-state index in [-0.39, 0.29) is 11.6 Å². The maximum absolute atomic E-state index is 13.3. The third kappa shape index (κ3) is 11.4. The summed E-state index contributed by atoms with van der Waals surface area (Å²) in [5.74, 6) is -0.431. The number of nitrogens with zero attached hydrogens (tertiary/aromatic N) is 3. The fraction of sp³-hybridized carbons (Fsp3) is 0.414. The molecule has 2 aromatic heterocycles. The van der Waals surface area contributed by atoms with Crippen LogP contribution in [0.4, 0.5) is 17.6 Å². The number of halogens is 4. The second kappa shape index (κ2) is 16.4. The molecular weight excluding hydrogens is 514 g/mol. The van der Waals surface area contributed by atoms with E-state index in [9.17, 15) is 22.4 Å². The first-order chi connectivity index (χ1) is 18.6. The Morgan fingerprint density at radius 2 is 1.85 bits per heavy atom. The minimum absolute atomic E-state index is 0.105. The zero-order chi connectivity index (χ0) is 28.8. The highest BCUT2D eigenvalue weighted by Crippen LogP contribution is 2.26. The minimum Gasteiger partial charge on any atom is -0.435 e. The van der Waals surface area contributed by atoms with E-state index < -0.39 is 13.2 Å². The lowest BCUT2D eigenvalue weighted by Crippen LogP contribution is -2.19. The quantitative estimate of drug-likeness (QED) is 0.0740. The zero-order valence-corrected chi connectivity index (χ0v) is 22.7. The number of ether oxygens (including phenoxy) is 2. The van der Waals surface area contributed by atoms with Crippen molar-refractivity contribution in [1.29, 1.82) is 0 Å². The number of aldehydes is 1. The molecule has 39 heavy (non-hydrogen) atoms. The Bertz CT molecular complexity index is 1150. The molecule has 0 spiro atoms. The van der Waals surface area contributed by atoms with Crippen LogP contribution in [-0.4, -0.2) is 48.0 Å². The van der Waals surface area contributed by atoms with E-state index in [1.807, 2.05) is 33.0 Å². The van der Waals surface area contributed by atoms with Crippen molar-refractivity contribution >= 4 is 11.9 Å². The van der Waals surface area contributed by atoms with Gasteiger partial charge in [0.1, 0.15) is 12.0 Å². The van der Waals surface area contributed by atoms with Crippen LogP contribution in [0.3, 0.4) is 0 Å². The van der Waals surface area contributed by atoms with Crippen molar-refractivity contribution in [2.45, 2.75) is 66.2 Å². The van der Waals surface area contributed by atoms with Crippen molar-refractivity contribution < 1.29 is 31.8 Å². The summed E-state index contributed by atoms with van der Waals surface area (Å²) in [6, 6.07) is 6.67. The number of pyridine rings is 2. The van der Waals surface area contributed by atoms with E-state index >= 15 is 0 Å². The van der Waals surface area contributed by atoms with Crippen LogP contribution in [0.1, 0.15) is 56.9 Å². The second-order valence-electron chi connectivity index (χ2n) is 9.00. The van der Waals surface area contributed by atoms with Crippen molar-refractivity contribution in [2.75, 3.05) is 13.6 Å². The number of allylic oxidation sites excluding steroid dienone is 5. The predicted molar refractivity (Wildman–Crippen MR) is 142 cm³/mol. The summed E-state index contributed by atoms with van der Waals surface area (Å²) in [5, 5.41) is 0. The van der Waals surface area contributed by atoms with E-state index in [1.54, 1.807) is 19.2 Å². The first-order valence-electron chi connectivity index (χ1n) is 12.6. The Morgan fingerprint density at radius 3 is 2.46 bits per heavy atom. The van der Waals surface area contributed by atoms with Crippen molar-refractivity contribution in [1.82, 2.24) is 14.9 Å².